The highest BCUT2D eigenvalue weighted by Crippen LogP contribution is 2.34. The maximum absolute atomic E-state index is 14.1. The normalized spacial score (nSPS) is 16.3. The number of rotatable bonds is 6. The lowest BCUT2D eigenvalue weighted by Gasteiger charge is -2.32. The molecule has 36 heavy (non-hydrogen) atoms. The molecule has 2 aliphatic heterocycles. The fraction of sp³-hybridized carbons (Fsp3) is 0.333. The second-order valence-corrected chi connectivity index (χ2v) is 9.66. The summed E-state index contributed by atoms with van der Waals surface area (Å²) in [6, 6.07) is 10.5. The molecule has 0 spiro atoms. The number of amides is 1. The van der Waals surface area contributed by atoms with E-state index in [1.54, 1.807) is 35.5 Å². The zero-order valence-corrected chi connectivity index (χ0v) is 20.8. The molecule has 0 aliphatic carbocycles. The summed E-state index contributed by atoms with van der Waals surface area (Å²) in [5.74, 6) is 0.825. The molecule has 3 heterocycles. The van der Waals surface area contributed by atoms with Crippen molar-refractivity contribution < 1.29 is 13.6 Å². The minimum Gasteiger partial charge on any atom is -0.339 e. The van der Waals surface area contributed by atoms with E-state index in [0.29, 0.717) is 47.5 Å². The highest BCUT2D eigenvalue weighted by atomic mass is 35.5. The number of hydrogen-bond acceptors (Lipinski definition) is 4. The maximum atomic E-state index is 14.1. The van der Waals surface area contributed by atoms with Gasteiger partial charge in [0.2, 0.25) is 5.91 Å². The van der Waals surface area contributed by atoms with Crippen molar-refractivity contribution in [3.8, 4) is 11.3 Å². The van der Waals surface area contributed by atoms with Crippen molar-refractivity contribution in [2.45, 2.75) is 32.7 Å². The number of nitrogens with one attached hydrogen (secondary N) is 1. The second-order valence-electron chi connectivity index (χ2n) is 9.26. The van der Waals surface area contributed by atoms with Crippen LogP contribution in [0.2, 0.25) is 5.02 Å². The average Bonchev–Trinajstić information content (AvgIpc) is 3.24. The predicted molar refractivity (Wildman–Crippen MR) is 138 cm³/mol. The summed E-state index contributed by atoms with van der Waals surface area (Å²) < 4.78 is 29.5. The average molecular weight is 512 g/mol. The van der Waals surface area contributed by atoms with Crippen molar-refractivity contribution in [2.75, 3.05) is 25.0 Å². The number of imidazole rings is 1. The number of aromatic nitrogens is 2. The van der Waals surface area contributed by atoms with Crippen LogP contribution in [0.5, 0.6) is 0 Å². The smallest absolute Gasteiger partial charge is 0.227 e. The summed E-state index contributed by atoms with van der Waals surface area (Å²) in [6.45, 7) is 5.60. The minimum atomic E-state index is -0.541. The third kappa shape index (κ3) is 5.15. The molecule has 9 heteroatoms. The first-order valence-electron chi connectivity index (χ1n) is 12.2. The summed E-state index contributed by atoms with van der Waals surface area (Å²) in [7, 11) is 0. The molecular weight excluding hydrogens is 484 g/mol. The van der Waals surface area contributed by atoms with Gasteiger partial charge in [0.05, 0.1) is 11.6 Å². The Morgan fingerprint density at radius 1 is 1.11 bits per heavy atom. The second kappa shape index (κ2) is 10.4. The fourth-order valence-electron chi connectivity index (χ4n) is 4.78. The Morgan fingerprint density at radius 2 is 1.86 bits per heavy atom. The third-order valence-electron chi connectivity index (χ3n) is 6.93. The van der Waals surface area contributed by atoms with Gasteiger partial charge in [-0.25, -0.2) is 13.8 Å². The van der Waals surface area contributed by atoms with Crippen LogP contribution in [0.1, 0.15) is 32.0 Å². The Hall–Kier alpha value is -3.23. The number of benzene rings is 2. The molecule has 2 aliphatic rings. The molecular formula is C27H28ClF2N5O. The molecule has 0 radical (unpaired) electrons. The lowest BCUT2D eigenvalue weighted by Crippen LogP contribution is -2.36. The van der Waals surface area contributed by atoms with E-state index in [1.807, 2.05) is 4.57 Å². The molecule has 0 atom stereocenters. The lowest BCUT2D eigenvalue weighted by atomic mass is 9.93. The standard InChI is InChI=1S/C27H28ClF2N5O/c1-2-33-11-9-18(10-12-33)15-25(36)34-13-14-35-24(17-34)32-26(19-3-5-20(29)6-4-19)27(35)31-21-7-8-22(28)23(30)16-21/h3-8,13-14,16,18,31H,2,9-12,15,17H2,1H3. The van der Waals surface area contributed by atoms with Gasteiger partial charge in [-0.15, -0.1) is 0 Å². The van der Waals surface area contributed by atoms with Crippen molar-refractivity contribution >= 4 is 35.2 Å². The predicted octanol–water partition coefficient (Wildman–Crippen LogP) is 6.12. The van der Waals surface area contributed by atoms with E-state index in [4.69, 9.17) is 16.6 Å². The number of carbonyl (C=O) groups is 1. The molecule has 3 aromatic rings. The zero-order valence-electron chi connectivity index (χ0n) is 20.1. The summed E-state index contributed by atoms with van der Waals surface area (Å²) in [4.78, 5) is 22.0. The van der Waals surface area contributed by atoms with Crippen molar-refractivity contribution in [1.29, 1.82) is 0 Å². The largest absolute Gasteiger partial charge is 0.339 e. The number of anilines is 2. The van der Waals surface area contributed by atoms with Crippen LogP contribution in [0.3, 0.4) is 0 Å². The van der Waals surface area contributed by atoms with E-state index in [-0.39, 0.29) is 16.7 Å². The van der Waals surface area contributed by atoms with Gasteiger partial charge in [-0.3, -0.25) is 9.36 Å². The summed E-state index contributed by atoms with van der Waals surface area (Å²) >= 11 is 5.84. The summed E-state index contributed by atoms with van der Waals surface area (Å²) in [6.07, 6.45) is 6.13. The van der Waals surface area contributed by atoms with E-state index in [9.17, 15) is 13.6 Å². The van der Waals surface area contributed by atoms with Crippen LogP contribution in [0, 0.1) is 17.6 Å². The molecule has 5 rings (SSSR count). The van der Waals surface area contributed by atoms with Crippen molar-refractivity contribution in [3.63, 3.8) is 0 Å². The maximum Gasteiger partial charge on any atom is 0.227 e. The lowest BCUT2D eigenvalue weighted by molar-refractivity contribution is -0.130. The van der Waals surface area contributed by atoms with Crippen LogP contribution in [0.15, 0.2) is 48.7 Å². The van der Waals surface area contributed by atoms with Crippen molar-refractivity contribution in [3.05, 3.63) is 71.1 Å². The first-order valence-corrected chi connectivity index (χ1v) is 12.6. The van der Waals surface area contributed by atoms with E-state index in [1.165, 1.54) is 24.3 Å². The Balaban J connectivity index is 1.40. The Morgan fingerprint density at radius 3 is 2.56 bits per heavy atom. The molecule has 2 aromatic carbocycles. The number of piperidine rings is 1. The van der Waals surface area contributed by atoms with Gasteiger partial charge < -0.3 is 15.1 Å². The molecule has 1 saturated heterocycles. The van der Waals surface area contributed by atoms with Gasteiger partial charge in [0.25, 0.3) is 0 Å². The van der Waals surface area contributed by atoms with Gasteiger partial charge in [0, 0.05) is 30.1 Å². The van der Waals surface area contributed by atoms with Crippen molar-refractivity contribution in [1.82, 2.24) is 19.4 Å². The highest BCUT2D eigenvalue weighted by Gasteiger charge is 2.27. The van der Waals surface area contributed by atoms with Crippen LogP contribution in [-0.4, -0.2) is 44.9 Å². The molecule has 1 N–H and O–H groups in total. The molecule has 1 fully saturated rings. The SMILES string of the molecule is CCN1CCC(CC(=O)N2C=Cn3c(nc(-c4ccc(F)cc4)c3Nc3ccc(Cl)c(F)c3)C2)CC1. The summed E-state index contributed by atoms with van der Waals surface area (Å²) in [5.41, 5.74) is 1.77. The molecule has 188 valence electrons. The van der Waals surface area contributed by atoms with E-state index >= 15 is 0 Å². The van der Waals surface area contributed by atoms with Crippen LogP contribution >= 0.6 is 11.6 Å². The van der Waals surface area contributed by atoms with Gasteiger partial charge in [-0.05, 0) is 80.9 Å². The van der Waals surface area contributed by atoms with Gasteiger partial charge in [-0.1, -0.05) is 18.5 Å². The van der Waals surface area contributed by atoms with E-state index < -0.39 is 5.82 Å². The molecule has 1 aromatic heterocycles. The number of likely N-dealkylation sites (tertiary alicyclic amines) is 1. The van der Waals surface area contributed by atoms with Crippen LogP contribution < -0.4 is 5.32 Å². The molecule has 0 bridgehead atoms. The first-order chi connectivity index (χ1) is 17.4. The molecule has 6 nitrogen and oxygen atoms in total. The fourth-order valence-corrected chi connectivity index (χ4v) is 4.90. The third-order valence-corrected chi connectivity index (χ3v) is 7.24. The van der Waals surface area contributed by atoms with Gasteiger partial charge >= 0.3 is 0 Å². The van der Waals surface area contributed by atoms with Crippen LogP contribution in [0.4, 0.5) is 20.3 Å². The first kappa shape index (κ1) is 24.5. The van der Waals surface area contributed by atoms with Crippen LogP contribution in [-0.2, 0) is 11.3 Å². The molecule has 0 unspecified atom stereocenters. The quantitative estimate of drug-likeness (QED) is 0.433. The van der Waals surface area contributed by atoms with E-state index in [2.05, 4.69) is 17.1 Å². The molecule has 1 amide bonds. The van der Waals surface area contributed by atoms with Gasteiger partial charge in [0.15, 0.2) is 0 Å². The van der Waals surface area contributed by atoms with Crippen LogP contribution in [0.25, 0.3) is 17.5 Å². The zero-order chi connectivity index (χ0) is 25.2. The Bertz CT molecular complexity index is 1280. The monoisotopic (exact) mass is 511 g/mol. The van der Waals surface area contributed by atoms with Crippen molar-refractivity contribution in [2.24, 2.45) is 5.92 Å². The highest BCUT2D eigenvalue weighted by molar-refractivity contribution is 6.30. The number of hydrogen-bond donors (Lipinski definition) is 1. The number of carbonyl (C=O) groups excluding carboxylic acids is 1. The van der Waals surface area contributed by atoms with Gasteiger partial charge in [0.1, 0.15) is 29.0 Å². The number of halogens is 3. The topological polar surface area (TPSA) is 53.4 Å². The Labute approximate surface area is 214 Å². The number of nitrogens with zero attached hydrogens (tertiary/aromatic N) is 4. The Kier molecular flexibility index (Phi) is 7.07. The van der Waals surface area contributed by atoms with E-state index in [0.717, 1.165) is 32.5 Å². The number of fused-ring (bicyclic) bond motifs is 1. The minimum absolute atomic E-state index is 0.0315. The van der Waals surface area contributed by atoms with Gasteiger partial charge in [-0.2, -0.15) is 0 Å². The molecule has 0 saturated carbocycles. The summed E-state index contributed by atoms with van der Waals surface area (Å²) in [5, 5.41) is 3.26.